The van der Waals surface area contributed by atoms with Crippen molar-refractivity contribution in [1.29, 1.82) is 0 Å². The maximum atomic E-state index is 13.4. The van der Waals surface area contributed by atoms with E-state index in [4.69, 9.17) is 14.6 Å². The number of aryl methyl sites for hydroxylation is 1. The van der Waals surface area contributed by atoms with E-state index in [0.717, 1.165) is 5.56 Å². The molecule has 0 fully saturated rings. The van der Waals surface area contributed by atoms with Crippen LogP contribution in [0.2, 0.25) is 0 Å². The molecule has 0 heterocycles. The third kappa shape index (κ3) is 7.39. The second-order valence-electron chi connectivity index (χ2n) is 6.98. The van der Waals surface area contributed by atoms with E-state index < -0.39 is 5.97 Å². The number of unbranched alkanes of at least 4 members (excludes halogenated alkanes) is 1. The molecule has 2 rings (SSSR count). The van der Waals surface area contributed by atoms with E-state index in [9.17, 15) is 14.0 Å². The number of carbonyl (C=O) groups excluding carboxylic acids is 1. The molecule has 6 nitrogen and oxygen atoms in total. The highest BCUT2D eigenvalue weighted by Gasteiger charge is 2.18. The van der Waals surface area contributed by atoms with Crippen molar-refractivity contribution in [2.75, 3.05) is 27.3 Å². The van der Waals surface area contributed by atoms with Crippen molar-refractivity contribution in [3.63, 3.8) is 0 Å². The zero-order valence-electron chi connectivity index (χ0n) is 17.4. The van der Waals surface area contributed by atoms with Gasteiger partial charge in [0.2, 0.25) is 0 Å². The van der Waals surface area contributed by atoms with Gasteiger partial charge in [0.05, 0.1) is 14.2 Å². The molecule has 0 aliphatic rings. The second-order valence-corrected chi connectivity index (χ2v) is 6.98. The molecular weight excluding hydrogens is 389 g/mol. The molecule has 162 valence electrons. The van der Waals surface area contributed by atoms with Gasteiger partial charge in [-0.15, -0.1) is 0 Å². The molecule has 1 N–H and O–H groups in total. The normalized spacial score (nSPS) is 10.5. The minimum Gasteiger partial charge on any atom is -0.497 e. The first-order valence-electron chi connectivity index (χ1n) is 9.91. The van der Waals surface area contributed by atoms with Gasteiger partial charge in [-0.2, -0.15) is 0 Å². The summed E-state index contributed by atoms with van der Waals surface area (Å²) < 4.78 is 23.9. The number of nitrogens with zero attached hydrogens (tertiary/aromatic N) is 1. The number of hydrogen-bond acceptors (Lipinski definition) is 4. The van der Waals surface area contributed by atoms with Gasteiger partial charge < -0.3 is 19.5 Å². The molecule has 0 bridgehead atoms. The summed E-state index contributed by atoms with van der Waals surface area (Å²) in [6.07, 6.45) is 2.44. The van der Waals surface area contributed by atoms with Gasteiger partial charge in [0.15, 0.2) is 0 Å². The summed E-state index contributed by atoms with van der Waals surface area (Å²) in [6.45, 7) is 0.913. The fourth-order valence-electron chi connectivity index (χ4n) is 3.17. The van der Waals surface area contributed by atoms with Crippen LogP contribution in [0.1, 0.15) is 41.6 Å². The van der Waals surface area contributed by atoms with Gasteiger partial charge in [0.25, 0.3) is 5.91 Å². The Morgan fingerprint density at radius 2 is 1.63 bits per heavy atom. The highest BCUT2D eigenvalue weighted by Crippen LogP contribution is 2.24. The summed E-state index contributed by atoms with van der Waals surface area (Å²) in [6, 6.07) is 11.4. The first-order valence-corrected chi connectivity index (χ1v) is 9.91. The molecule has 0 aliphatic heterocycles. The Bertz CT molecular complexity index is 833. The topological polar surface area (TPSA) is 76.1 Å². The second kappa shape index (κ2) is 11.8. The largest absolute Gasteiger partial charge is 0.497 e. The Balaban J connectivity index is 2.09. The average molecular weight is 417 g/mol. The average Bonchev–Trinajstić information content (AvgIpc) is 2.74. The van der Waals surface area contributed by atoms with Gasteiger partial charge in [-0.05, 0) is 55.5 Å². The van der Waals surface area contributed by atoms with Crippen molar-refractivity contribution in [3.8, 4) is 11.5 Å². The molecule has 0 spiro atoms. The van der Waals surface area contributed by atoms with Crippen LogP contribution in [0.15, 0.2) is 42.5 Å². The quantitative estimate of drug-likeness (QED) is 0.525. The summed E-state index contributed by atoms with van der Waals surface area (Å²) >= 11 is 0. The number of carbonyl (C=O) groups is 2. The fraction of sp³-hybridized carbons (Fsp3) is 0.391. The standard InChI is InChI=1S/C23H28FNO5/c1-29-20-14-18(15-21(16-20)30-2)23(28)25(11-4-3-10-22(26)27)12-6-8-17-7-5-9-19(24)13-17/h5,7,9,13-16H,3-4,6,8,10-12H2,1-2H3,(H,26,27). The molecule has 7 heteroatoms. The van der Waals surface area contributed by atoms with Crippen molar-refractivity contribution in [3.05, 3.63) is 59.4 Å². The predicted molar refractivity (Wildman–Crippen MR) is 112 cm³/mol. The lowest BCUT2D eigenvalue weighted by Gasteiger charge is -2.23. The fourth-order valence-corrected chi connectivity index (χ4v) is 3.17. The monoisotopic (exact) mass is 417 g/mol. The maximum absolute atomic E-state index is 13.4. The molecule has 0 unspecified atom stereocenters. The molecule has 0 atom stereocenters. The summed E-state index contributed by atoms with van der Waals surface area (Å²) in [4.78, 5) is 25.6. The Labute approximate surface area is 176 Å². The lowest BCUT2D eigenvalue weighted by atomic mass is 10.1. The zero-order valence-corrected chi connectivity index (χ0v) is 17.4. The molecule has 1 amide bonds. The molecule has 0 radical (unpaired) electrons. The van der Waals surface area contributed by atoms with Crippen molar-refractivity contribution < 1.29 is 28.6 Å². The van der Waals surface area contributed by atoms with Crippen LogP contribution in [0.4, 0.5) is 4.39 Å². The SMILES string of the molecule is COc1cc(OC)cc(C(=O)N(CCCCC(=O)O)CCCc2cccc(F)c2)c1. The molecular formula is C23H28FNO5. The van der Waals surface area contributed by atoms with Gasteiger partial charge in [0, 0.05) is 31.1 Å². The summed E-state index contributed by atoms with van der Waals surface area (Å²) in [5, 5.41) is 8.83. The van der Waals surface area contributed by atoms with Crippen LogP contribution >= 0.6 is 0 Å². The minimum atomic E-state index is -0.850. The van der Waals surface area contributed by atoms with E-state index in [1.165, 1.54) is 26.4 Å². The van der Waals surface area contributed by atoms with Crippen LogP contribution in [-0.4, -0.2) is 49.2 Å². The number of rotatable bonds is 12. The zero-order chi connectivity index (χ0) is 21.9. The highest BCUT2D eigenvalue weighted by atomic mass is 19.1. The van der Waals surface area contributed by atoms with Gasteiger partial charge in [-0.1, -0.05) is 12.1 Å². The van der Waals surface area contributed by atoms with E-state index in [0.29, 0.717) is 55.8 Å². The number of hydrogen-bond donors (Lipinski definition) is 1. The number of carboxylic acids is 1. The molecule has 2 aromatic carbocycles. The van der Waals surface area contributed by atoms with Crippen LogP contribution in [0.3, 0.4) is 0 Å². The number of carboxylic acid groups (broad SMARTS) is 1. The number of ether oxygens (including phenoxy) is 2. The first kappa shape index (κ1) is 23.2. The van der Waals surface area contributed by atoms with E-state index in [1.807, 2.05) is 6.07 Å². The number of amides is 1. The molecule has 30 heavy (non-hydrogen) atoms. The van der Waals surface area contributed by atoms with Crippen molar-refractivity contribution >= 4 is 11.9 Å². The minimum absolute atomic E-state index is 0.0678. The summed E-state index contributed by atoms with van der Waals surface area (Å²) in [5.41, 5.74) is 1.31. The number of benzene rings is 2. The Morgan fingerprint density at radius 3 is 2.23 bits per heavy atom. The molecule has 2 aromatic rings. The number of aliphatic carboxylic acids is 1. The third-order valence-electron chi connectivity index (χ3n) is 4.74. The molecule has 0 saturated carbocycles. The van der Waals surface area contributed by atoms with Crippen LogP contribution in [0, 0.1) is 5.82 Å². The molecule has 0 saturated heterocycles. The van der Waals surface area contributed by atoms with Crippen LogP contribution < -0.4 is 9.47 Å². The lowest BCUT2D eigenvalue weighted by Crippen LogP contribution is -2.33. The van der Waals surface area contributed by atoms with Gasteiger partial charge in [-0.25, -0.2) is 4.39 Å². The molecule has 0 aromatic heterocycles. The Hall–Kier alpha value is -3.09. The van der Waals surface area contributed by atoms with E-state index >= 15 is 0 Å². The van der Waals surface area contributed by atoms with Crippen molar-refractivity contribution in [2.45, 2.75) is 32.1 Å². The lowest BCUT2D eigenvalue weighted by molar-refractivity contribution is -0.137. The van der Waals surface area contributed by atoms with Gasteiger partial charge in [-0.3, -0.25) is 9.59 Å². The smallest absolute Gasteiger partial charge is 0.303 e. The van der Waals surface area contributed by atoms with Crippen LogP contribution in [0.25, 0.3) is 0 Å². The Morgan fingerprint density at radius 1 is 0.967 bits per heavy atom. The van der Waals surface area contributed by atoms with Crippen LogP contribution in [0.5, 0.6) is 11.5 Å². The summed E-state index contributed by atoms with van der Waals surface area (Å²) in [7, 11) is 3.04. The predicted octanol–water partition coefficient (Wildman–Crippen LogP) is 4.17. The first-order chi connectivity index (χ1) is 14.4. The third-order valence-corrected chi connectivity index (χ3v) is 4.74. The van der Waals surface area contributed by atoms with Crippen molar-refractivity contribution in [1.82, 2.24) is 4.90 Å². The highest BCUT2D eigenvalue weighted by molar-refractivity contribution is 5.95. The van der Waals surface area contributed by atoms with E-state index in [1.54, 1.807) is 29.2 Å². The van der Waals surface area contributed by atoms with E-state index in [2.05, 4.69) is 0 Å². The van der Waals surface area contributed by atoms with Gasteiger partial charge >= 0.3 is 5.97 Å². The van der Waals surface area contributed by atoms with Gasteiger partial charge in [0.1, 0.15) is 17.3 Å². The molecule has 0 aliphatic carbocycles. The number of halogens is 1. The maximum Gasteiger partial charge on any atom is 0.303 e. The summed E-state index contributed by atoms with van der Waals surface area (Å²) in [5.74, 6) is -0.276. The van der Waals surface area contributed by atoms with Crippen LogP contribution in [-0.2, 0) is 11.2 Å². The Kier molecular flexibility index (Phi) is 9.12. The van der Waals surface area contributed by atoms with E-state index in [-0.39, 0.29) is 18.1 Å². The van der Waals surface area contributed by atoms with Crippen molar-refractivity contribution in [2.24, 2.45) is 0 Å². The number of methoxy groups -OCH3 is 2.